The third kappa shape index (κ3) is 11.6. The molecule has 0 aromatic heterocycles. The quantitative estimate of drug-likeness (QED) is 0.126. The van der Waals surface area contributed by atoms with Gasteiger partial charge in [0.1, 0.15) is 6.61 Å². The number of carbonyl (C=O) groups is 1. The monoisotopic (exact) mass is 536 g/mol. The van der Waals surface area contributed by atoms with Crippen molar-refractivity contribution >= 4 is 22.2 Å². The lowest BCUT2D eigenvalue weighted by atomic mass is 10.1. The molecule has 0 unspecified atom stereocenters. The molecule has 0 spiro atoms. The largest absolute Gasteiger partial charge is 0.493 e. The van der Waals surface area contributed by atoms with Crippen molar-refractivity contribution in [2.75, 3.05) is 46.4 Å². The van der Waals surface area contributed by atoms with Gasteiger partial charge in [-0.15, -0.1) is 0 Å². The average molecular weight is 537 g/mol. The van der Waals surface area contributed by atoms with E-state index in [2.05, 4.69) is 6.92 Å². The number of esters is 1. The van der Waals surface area contributed by atoms with E-state index in [4.69, 9.17) is 27.9 Å². The summed E-state index contributed by atoms with van der Waals surface area (Å²) >= 11 is 0. The van der Waals surface area contributed by atoms with Crippen LogP contribution in [0.2, 0.25) is 0 Å². The molecule has 0 saturated heterocycles. The molecule has 0 N–H and O–H groups in total. The van der Waals surface area contributed by atoms with Gasteiger partial charge in [-0.3, -0.25) is 0 Å². The van der Waals surface area contributed by atoms with Crippen LogP contribution < -0.4 is 18.4 Å². The number of unbranched alkanes of at least 4 members (excludes halogenated alkanes) is 1. The molecule has 204 valence electrons. The van der Waals surface area contributed by atoms with E-state index in [0.717, 1.165) is 30.2 Å². The van der Waals surface area contributed by atoms with Crippen molar-refractivity contribution in [3.63, 3.8) is 0 Å². The first-order chi connectivity index (χ1) is 17.8. The Morgan fingerprint density at radius 3 is 2.35 bits per heavy atom. The van der Waals surface area contributed by atoms with Gasteiger partial charge in [0.2, 0.25) is 0 Å². The van der Waals surface area contributed by atoms with Gasteiger partial charge in [-0.25, -0.2) is 4.79 Å². The summed E-state index contributed by atoms with van der Waals surface area (Å²) in [6.07, 6.45) is 6.43. The van der Waals surface area contributed by atoms with Crippen LogP contribution in [-0.2, 0) is 30.8 Å². The first kappa shape index (κ1) is 30.0. The third-order valence-corrected chi connectivity index (χ3v) is 5.41. The molecular weight excluding hydrogens is 500 g/mol. The number of hydrogen-bond acceptors (Lipinski definition) is 9. The van der Waals surface area contributed by atoms with Crippen LogP contribution in [0.5, 0.6) is 23.0 Å². The Labute approximate surface area is 219 Å². The lowest BCUT2D eigenvalue weighted by molar-refractivity contribution is -0.139. The molecule has 0 fully saturated rings. The molecule has 0 amide bonds. The molecule has 0 aliphatic carbocycles. The van der Waals surface area contributed by atoms with Gasteiger partial charge < -0.3 is 27.9 Å². The van der Waals surface area contributed by atoms with Crippen LogP contribution in [-0.4, -0.2) is 60.8 Å². The van der Waals surface area contributed by atoms with E-state index in [1.807, 2.05) is 19.1 Å². The Morgan fingerprint density at radius 1 is 0.892 bits per heavy atom. The average Bonchev–Trinajstić information content (AvgIpc) is 2.86. The lowest BCUT2D eigenvalue weighted by Crippen LogP contribution is -2.08. The maximum absolute atomic E-state index is 11.9. The lowest BCUT2D eigenvalue weighted by Gasteiger charge is -2.14. The molecular formula is C27H36O9S. The van der Waals surface area contributed by atoms with Crippen molar-refractivity contribution in [1.29, 1.82) is 0 Å². The number of carbonyl (C=O) groups excluding carboxylic acids is 1. The van der Waals surface area contributed by atoms with Crippen molar-refractivity contribution in [3.05, 3.63) is 53.6 Å². The number of benzene rings is 2. The third-order valence-electron chi connectivity index (χ3n) is 4.93. The zero-order valence-electron chi connectivity index (χ0n) is 21.9. The molecule has 2 aromatic carbocycles. The fourth-order valence-electron chi connectivity index (χ4n) is 3.12. The molecule has 2 aromatic rings. The second-order valence-electron chi connectivity index (χ2n) is 7.98. The van der Waals surface area contributed by atoms with E-state index >= 15 is 0 Å². The predicted molar refractivity (Wildman–Crippen MR) is 141 cm³/mol. The zero-order valence-corrected chi connectivity index (χ0v) is 22.7. The van der Waals surface area contributed by atoms with E-state index in [1.165, 1.54) is 13.2 Å². The van der Waals surface area contributed by atoms with Crippen LogP contribution in [0.3, 0.4) is 0 Å². The summed E-state index contributed by atoms with van der Waals surface area (Å²) in [6.45, 7) is 5.99. The molecule has 0 atom stereocenters. The summed E-state index contributed by atoms with van der Waals surface area (Å²) in [6, 6.07) is 10.5. The molecule has 0 heterocycles. The van der Waals surface area contributed by atoms with Crippen LogP contribution in [0, 0.1) is 0 Å². The van der Waals surface area contributed by atoms with Gasteiger partial charge in [-0.1, -0.05) is 25.5 Å². The van der Waals surface area contributed by atoms with Crippen LogP contribution in [0.4, 0.5) is 0 Å². The highest BCUT2D eigenvalue weighted by atomic mass is 32.2. The summed E-state index contributed by atoms with van der Waals surface area (Å²) in [5.41, 5.74) is 1.65. The van der Waals surface area contributed by atoms with Crippen molar-refractivity contribution in [2.45, 2.75) is 33.1 Å². The van der Waals surface area contributed by atoms with E-state index < -0.39 is 16.1 Å². The summed E-state index contributed by atoms with van der Waals surface area (Å²) < 4.78 is 55.2. The molecule has 9 nitrogen and oxygen atoms in total. The Bertz CT molecular complexity index is 1130. The molecule has 0 bridgehead atoms. The maximum atomic E-state index is 11.9. The fraction of sp³-hybridized carbons (Fsp3) is 0.444. The SMILES string of the molecule is CCCCOc1cc(/C=C\C(=O)OCCOCC)ccc1OCCc1ccc(OS(C)(=O)=O)c(OC)c1. The number of rotatable bonds is 17. The first-order valence-electron chi connectivity index (χ1n) is 12.1. The number of methoxy groups -OCH3 is 1. The Kier molecular flexibility index (Phi) is 12.8. The molecule has 37 heavy (non-hydrogen) atoms. The zero-order chi connectivity index (χ0) is 27.1. The van der Waals surface area contributed by atoms with E-state index in [1.54, 1.807) is 30.3 Å². The van der Waals surface area contributed by atoms with Gasteiger partial charge in [0.05, 0.1) is 33.2 Å². The standard InChI is InChI=1S/C27H36O9S/c1-5-7-15-33-26-20-21(10-13-27(28)35-18-17-32-6-2)8-11-23(26)34-16-14-22-9-12-24(25(19-22)31-3)36-37(4,29)30/h8-13,19-20H,5-7,14-18H2,1-4H3/b13-10-. The van der Waals surface area contributed by atoms with Gasteiger partial charge in [0.15, 0.2) is 23.0 Å². The van der Waals surface area contributed by atoms with Crippen molar-refractivity contribution in [2.24, 2.45) is 0 Å². The first-order valence-corrected chi connectivity index (χ1v) is 14.0. The number of hydrogen-bond donors (Lipinski definition) is 0. The highest BCUT2D eigenvalue weighted by molar-refractivity contribution is 7.86. The fourth-order valence-corrected chi connectivity index (χ4v) is 3.59. The highest BCUT2D eigenvalue weighted by Gasteiger charge is 2.12. The Balaban J connectivity index is 2.04. The summed E-state index contributed by atoms with van der Waals surface area (Å²) in [5, 5.41) is 0. The number of ether oxygens (including phenoxy) is 5. The minimum Gasteiger partial charge on any atom is -0.493 e. The minimum atomic E-state index is -3.66. The van der Waals surface area contributed by atoms with E-state index in [0.29, 0.717) is 50.1 Å². The molecule has 0 aliphatic heterocycles. The van der Waals surface area contributed by atoms with E-state index in [9.17, 15) is 13.2 Å². The van der Waals surface area contributed by atoms with Crippen LogP contribution in [0.25, 0.3) is 6.08 Å². The molecule has 0 radical (unpaired) electrons. The maximum Gasteiger partial charge on any atom is 0.330 e. The van der Waals surface area contributed by atoms with Gasteiger partial charge in [0, 0.05) is 19.1 Å². The van der Waals surface area contributed by atoms with Gasteiger partial charge in [-0.05, 0) is 54.8 Å². The Hall–Kier alpha value is -3.24. The molecule has 0 saturated carbocycles. The van der Waals surface area contributed by atoms with Crippen LogP contribution >= 0.6 is 0 Å². The van der Waals surface area contributed by atoms with Crippen molar-refractivity contribution in [1.82, 2.24) is 0 Å². The van der Waals surface area contributed by atoms with Crippen molar-refractivity contribution < 1.29 is 41.1 Å². The van der Waals surface area contributed by atoms with Crippen LogP contribution in [0.1, 0.15) is 37.8 Å². The van der Waals surface area contributed by atoms with Gasteiger partial charge in [-0.2, -0.15) is 8.42 Å². The minimum absolute atomic E-state index is 0.128. The smallest absolute Gasteiger partial charge is 0.330 e. The summed E-state index contributed by atoms with van der Waals surface area (Å²) in [5.74, 6) is 1.16. The summed E-state index contributed by atoms with van der Waals surface area (Å²) in [7, 11) is -2.22. The molecule has 10 heteroatoms. The van der Waals surface area contributed by atoms with E-state index in [-0.39, 0.29) is 12.4 Å². The van der Waals surface area contributed by atoms with Gasteiger partial charge in [0.25, 0.3) is 0 Å². The summed E-state index contributed by atoms with van der Waals surface area (Å²) in [4.78, 5) is 11.9. The predicted octanol–water partition coefficient (Wildman–Crippen LogP) is 4.43. The highest BCUT2D eigenvalue weighted by Crippen LogP contribution is 2.31. The molecule has 2 rings (SSSR count). The topological polar surface area (TPSA) is 107 Å². The normalized spacial score (nSPS) is 11.4. The van der Waals surface area contributed by atoms with Crippen molar-refractivity contribution in [3.8, 4) is 23.0 Å². The Morgan fingerprint density at radius 2 is 1.65 bits per heavy atom. The second kappa shape index (κ2) is 15.8. The molecule has 0 aliphatic rings. The van der Waals surface area contributed by atoms with Gasteiger partial charge >= 0.3 is 16.1 Å². The second-order valence-corrected chi connectivity index (χ2v) is 9.55. The van der Waals surface area contributed by atoms with Crippen LogP contribution in [0.15, 0.2) is 42.5 Å².